The molecule has 0 atom stereocenters. The fourth-order valence-electron chi connectivity index (χ4n) is 2.27. The minimum Gasteiger partial charge on any atom is -0.392 e. The number of aryl methyl sites for hydroxylation is 1. The van der Waals surface area contributed by atoms with Gasteiger partial charge >= 0.3 is 0 Å². The van der Waals surface area contributed by atoms with Gasteiger partial charge in [-0.2, -0.15) is 0 Å². The molecule has 0 aromatic heterocycles. The van der Waals surface area contributed by atoms with E-state index in [-0.39, 0.29) is 11.5 Å². The van der Waals surface area contributed by atoms with Gasteiger partial charge in [0.2, 0.25) is 10.0 Å². The van der Waals surface area contributed by atoms with Gasteiger partial charge in [-0.25, -0.2) is 13.1 Å². The Hall–Kier alpha value is -0.990. The molecule has 2 rings (SSSR count). The first-order chi connectivity index (χ1) is 10.0. The number of aliphatic hydroxyl groups excluding tert-OH is 1. The molecule has 118 valence electrons. The molecular formula is C14H22N2O4S. The summed E-state index contributed by atoms with van der Waals surface area (Å²) in [7, 11) is -3.54. The van der Waals surface area contributed by atoms with Crippen molar-refractivity contribution in [3.05, 3.63) is 29.3 Å². The lowest BCUT2D eigenvalue weighted by molar-refractivity contribution is 0.0390. The Morgan fingerprint density at radius 3 is 2.71 bits per heavy atom. The van der Waals surface area contributed by atoms with Gasteiger partial charge in [-0.1, -0.05) is 12.1 Å². The zero-order valence-corrected chi connectivity index (χ0v) is 13.0. The molecule has 0 amide bonds. The summed E-state index contributed by atoms with van der Waals surface area (Å²) in [5.74, 6) is 0. The van der Waals surface area contributed by atoms with Crippen molar-refractivity contribution in [2.24, 2.45) is 0 Å². The van der Waals surface area contributed by atoms with Gasteiger partial charge < -0.3 is 9.84 Å². The maximum atomic E-state index is 12.3. The van der Waals surface area contributed by atoms with Crippen molar-refractivity contribution in [1.82, 2.24) is 9.62 Å². The van der Waals surface area contributed by atoms with E-state index in [0.717, 1.165) is 13.1 Å². The van der Waals surface area contributed by atoms with E-state index in [4.69, 9.17) is 9.84 Å². The quantitative estimate of drug-likeness (QED) is 0.778. The van der Waals surface area contributed by atoms with Crippen LogP contribution in [0.1, 0.15) is 11.1 Å². The highest BCUT2D eigenvalue weighted by molar-refractivity contribution is 7.89. The number of aliphatic hydroxyl groups is 1. The molecule has 1 aromatic carbocycles. The molecule has 0 bridgehead atoms. The summed E-state index contributed by atoms with van der Waals surface area (Å²) in [6.07, 6.45) is 0. The van der Waals surface area contributed by atoms with Crippen LogP contribution in [0.25, 0.3) is 0 Å². The van der Waals surface area contributed by atoms with E-state index < -0.39 is 10.0 Å². The van der Waals surface area contributed by atoms with Crippen molar-refractivity contribution in [3.63, 3.8) is 0 Å². The van der Waals surface area contributed by atoms with Crippen molar-refractivity contribution >= 4 is 10.0 Å². The summed E-state index contributed by atoms with van der Waals surface area (Å²) in [6.45, 7) is 5.68. The maximum absolute atomic E-state index is 12.3. The molecule has 0 aliphatic carbocycles. The molecule has 6 nitrogen and oxygen atoms in total. The van der Waals surface area contributed by atoms with Crippen LogP contribution in [0.15, 0.2) is 23.1 Å². The number of nitrogens with one attached hydrogen (secondary N) is 1. The topological polar surface area (TPSA) is 78.9 Å². The summed E-state index contributed by atoms with van der Waals surface area (Å²) in [6, 6.07) is 4.95. The number of benzene rings is 1. The molecule has 1 saturated heterocycles. The number of sulfonamides is 1. The molecule has 1 fully saturated rings. The fourth-order valence-corrected chi connectivity index (χ4v) is 3.59. The molecule has 1 heterocycles. The van der Waals surface area contributed by atoms with Gasteiger partial charge in [0.15, 0.2) is 0 Å². The van der Waals surface area contributed by atoms with Gasteiger partial charge in [-0.15, -0.1) is 0 Å². The van der Waals surface area contributed by atoms with Gasteiger partial charge in [0.25, 0.3) is 0 Å². The van der Waals surface area contributed by atoms with Gasteiger partial charge in [0, 0.05) is 26.2 Å². The predicted octanol–water partition coefficient (Wildman–Crippen LogP) is 0.0978. The van der Waals surface area contributed by atoms with Crippen molar-refractivity contribution in [3.8, 4) is 0 Å². The van der Waals surface area contributed by atoms with E-state index in [0.29, 0.717) is 37.4 Å². The predicted molar refractivity (Wildman–Crippen MR) is 79.5 cm³/mol. The molecule has 1 aliphatic heterocycles. The molecule has 0 radical (unpaired) electrons. The lowest BCUT2D eigenvalue weighted by Gasteiger charge is -2.26. The number of hydrogen-bond acceptors (Lipinski definition) is 5. The van der Waals surface area contributed by atoms with E-state index >= 15 is 0 Å². The first-order valence-corrected chi connectivity index (χ1v) is 8.51. The van der Waals surface area contributed by atoms with Crippen LogP contribution in [0, 0.1) is 6.92 Å². The van der Waals surface area contributed by atoms with Crippen LogP contribution in [0.4, 0.5) is 0 Å². The zero-order valence-electron chi connectivity index (χ0n) is 12.2. The molecule has 1 aromatic rings. The lowest BCUT2D eigenvalue weighted by atomic mass is 10.2. The Balaban J connectivity index is 1.97. The number of nitrogens with zero attached hydrogens (tertiary/aromatic N) is 1. The Morgan fingerprint density at radius 1 is 1.33 bits per heavy atom. The normalized spacial score (nSPS) is 17.0. The van der Waals surface area contributed by atoms with Crippen LogP contribution in [-0.2, 0) is 21.4 Å². The highest BCUT2D eigenvalue weighted by Gasteiger charge is 2.18. The lowest BCUT2D eigenvalue weighted by Crippen LogP contribution is -2.41. The van der Waals surface area contributed by atoms with Crippen molar-refractivity contribution in [2.45, 2.75) is 18.4 Å². The number of rotatable bonds is 6. The second-order valence-electron chi connectivity index (χ2n) is 5.11. The number of ether oxygens (including phenoxy) is 1. The Kier molecular flexibility index (Phi) is 5.72. The fraction of sp³-hybridized carbons (Fsp3) is 0.571. The summed E-state index contributed by atoms with van der Waals surface area (Å²) in [5.41, 5.74) is 1.26. The van der Waals surface area contributed by atoms with E-state index in [1.165, 1.54) is 6.07 Å². The first kappa shape index (κ1) is 16.4. The maximum Gasteiger partial charge on any atom is 0.240 e. The molecule has 7 heteroatoms. The summed E-state index contributed by atoms with van der Waals surface area (Å²) in [4.78, 5) is 2.40. The molecule has 0 spiro atoms. The Labute approximate surface area is 125 Å². The van der Waals surface area contributed by atoms with E-state index in [2.05, 4.69) is 9.62 Å². The monoisotopic (exact) mass is 314 g/mol. The molecular weight excluding hydrogens is 292 g/mol. The van der Waals surface area contributed by atoms with Gasteiger partial charge in [-0.3, -0.25) is 4.90 Å². The van der Waals surface area contributed by atoms with Crippen molar-refractivity contribution < 1.29 is 18.3 Å². The third-order valence-electron chi connectivity index (χ3n) is 3.55. The molecule has 21 heavy (non-hydrogen) atoms. The SMILES string of the molecule is Cc1ccc(CO)cc1S(=O)(=O)NCCN1CCOCC1. The van der Waals surface area contributed by atoms with Crippen molar-refractivity contribution in [1.29, 1.82) is 0 Å². The van der Waals surface area contributed by atoms with Crippen LogP contribution < -0.4 is 4.72 Å². The Morgan fingerprint density at radius 2 is 2.05 bits per heavy atom. The van der Waals surface area contributed by atoms with Crippen LogP contribution >= 0.6 is 0 Å². The largest absolute Gasteiger partial charge is 0.392 e. The minimum absolute atomic E-state index is 0.170. The summed E-state index contributed by atoms with van der Waals surface area (Å²) in [5, 5.41) is 9.13. The van der Waals surface area contributed by atoms with Gasteiger partial charge in [-0.05, 0) is 24.1 Å². The second-order valence-corrected chi connectivity index (χ2v) is 6.85. The molecule has 2 N–H and O–H groups in total. The average molecular weight is 314 g/mol. The average Bonchev–Trinajstić information content (AvgIpc) is 2.48. The Bertz CT molecular complexity index is 568. The third-order valence-corrected chi connectivity index (χ3v) is 5.15. The smallest absolute Gasteiger partial charge is 0.240 e. The molecule has 0 saturated carbocycles. The first-order valence-electron chi connectivity index (χ1n) is 7.03. The van der Waals surface area contributed by atoms with E-state index in [1.807, 2.05) is 0 Å². The van der Waals surface area contributed by atoms with Crippen LogP contribution in [-0.4, -0.2) is 57.8 Å². The van der Waals surface area contributed by atoms with Crippen LogP contribution in [0.2, 0.25) is 0 Å². The minimum atomic E-state index is -3.54. The molecule has 1 aliphatic rings. The zero-order chi connectivity index (χ0) is 15.3. The van der Waals surface area contributed by atoms with E-state index in [1.54, 1.807) is 19.1 Å². The molecule has 0 unspecified atom stereocenters. The van der Waals surface area contributed by atoms with Crippen LogP contribution in [0.5, 0.6) is 0 Å². The second kappa shape index (κ2) is 7.33. The summed E-state index contributed by atoms with van der Waals surface area (Å²) < 4.78 is 32.5. The van der Waals surface area contributed by atoms with Gasteiger partial charge in [0.1, 0.15) is 0 Å². The van der Waals surface area contributed by atoms with Crippen molar-refractivity contribution in [2.75, 3.05) is 39.4 Å². The third kappa shape index (κ3) is 4.49. The standard InChI is InChI=1S/C14H22N2O4S/c1-12-2-3-13(11-17)10-14(12)21(18,19)15-4-5-16-6-8-20-9-7-16/h2-3,10,15,17H,4-9,11H2,1H3. The van der Waals surface area contributed by atoms with Gasteiger partial charge in [0.05, 0.1) is 24.7 Å². The highest BCUT2D eigenvalue weighted by Crippen LogP contribution is 2.17. The number of hydrogen-bond donors (Lipinski definition) is 2. The van der Waals surface area contributed by atoms with E-state index in [9.17, 15) is 8.42 Å². The number of morpholine rings is 1. The van der Waals surface area contributed by atoms with Crippen LogP contribution in [0.3, 0.4) is 0 Å². The summed E-state index contributed by atoms with van der Waals surface area (Å²) >= 11 is 0. The highest BCUT2D eigenvalue weighted by atomic mass is 32.2.